The summed E-state index contributed by atoms with van der Waals surface area (Å²) in [5, 5.41) is 6.19. The average molecular weight is 328 g/mol. The third kappa shape index (κ3) is 4.55. The Balaban J connectivity index is 1.46. The third-order valence-electron chi connectivity index (χ3n) is 4.05. The smallest absolute Gasteiger partial charge is 0.249 e. The standard InChI is InChI=1S/C19H21FN2O2/c20-16-7-3-14(4-8-16)12-21-17-9-5-15(6-10-17)13-22-19(23)18-2-1-11-24-18/h3-10,18,21H,1-2,11-13H2,(H,22,23)/t18-/m0/s1. The van der Waals surface area contributed by atoms with E-state index in [2.05, 4.69) is 10.6 Å². The summed E-state index contributed by atoms with van der Waals surface area (Å²) in [7, 11) is 0. The van der Waals surface area contributed by atoms with Crippen LogP contribution in [0.15, 0.2) is 48.5 Å². The second kappa shape index (κ2) is 7.93. The summed E-state index contributed by atoms with van der Waals surface area (Å²) in [4.78, 5) is 11.9. The minimum atomic E-state index is -0.290. The van der Waals surface area contributed by atoms with Crippen LogP contribution in [0, 0.1) is 5.82 Å². The van der Waals surface area contributed by atoms with Crippen LogP contribution in [0.5, 0.6) is 0 Å². The number of nitrogens with one attached hydrogen (secondary N) is 2. The van der Waals surface area contributed by atoms with Gasteiger partial charge in [0.2, 0.25) is 5.91 Å². The lowest BCUT2D eigenvalue weighted by atomic mass is 10.1. The normalized spacial score (nSPS) is 16.8. The summed E-state index contributed by atoms with van der Waals surface area (Å²) in [5.74, 6) is -0.265. The van der Waals surface area contributed by atoms with Gasteiger partial charge in [0.05, 0.1) is 0 Å². The molecular formula is C19H21FN2O2. The zero-order valence-corrected chi connectivity index (χ0v) is 13.4. The Bertz CT molecular complexity index is 665. The molecule has 3 rings (SSSR count). The molecule has 0 saturated carbocycles. The van der Waals surface area contributed by atoms with Crippen molar-refractivity contribution >= 4 is 11.6 Å². The number of rotatable bonds is 6. The van der Waals surface area contributed by atoms with Crippen LogP contribution in [0.4, 0.5) is 10.1 Å². The molecule has 5 heteroatoms. The van der Waals surface area contributed by atoms with Gasteiger partial charge in [-0.2, -0.15) is 0 Å². The fourth-order valence-corrected chi connectivity index (χ4v) is 2.63. The van der Waals surface area contributed by atoms with E-state index in [-0.39, 0.29) is 17.8 Å². The monoisotopic (exact) mass is 328 g/mol. The molecule has 0 aromatic heterocycles. The van der Waals surface area contributed by atoms with Crippen LogP contribution >= 0.6 is 0 Å². The molecule has 1 fully saturated rings. The number of anilines is 1. The lowest BCUT2D eigenvalue weighted by Crippen LogP contribution is -2.33. The van der Waals surface area contributed by atoms with Crippen molar-refractivity contribution in [3.05, 3.63) is 65.5 Å². The number of halogens is 1. The summed E-state index contributed by atoms with van der Waals surface area (Å²) in [5.41, 5.74) is 3.03. The van der Waals surface area contributed by atoms with E-state index in [1.165, 1.54) is 12.1 Å². The first kappa shape index (κ1) is 16.5. The van der Waals surface area contributed by atoms with Crippen LogP contribution in [0.3, 0.4) is 0 Å². The zero-order valence-electron chi connectivity index (χ0n) is 13.4. The predicted molar refractivity (Wildman–Crippen MR) is 91.0 cm³/mol. The number of hydrogen-bond acceptors (Lipinski definition) is 3. The molecule has 2 N–H and O–H groups in total. The highest BCUT2D eigenvalue weighted by molar-refractivity contribution is 5.80. The number of hydrogen-bond donors (Lipinski definition) is 2. The molecule has 0 bridgehead atoms. The van der Waals surface area contributed by atoms with E-state index in [9.17, 15) is 9.18 Å². The minimum absolute atomic E-state index is 0.0361. The van der Waals surface area contributed by atoms with Gasteiger partial charge in [-0.3, -0.25) is 4.79 Å². The van der Waals surface area contributed by atoms with E-state index in [4.69, 9.17) is 4.74 Å². The van der Waals surface area contributed by atoms with Crippen molar-refractivity contribution in [2.45, 2.75) is 32.0 Å². The van der Waals surface area contributed by atoms with Gasteiger partial charge < -0.3 is 15.4 Å². The van der Waals surface area contributed by atoms with E-state index in [1.807, 2.05) is 24.3 Å². The Kier molecular flexibility index (Phi) is 5.43. The molecular weight excluding hydrogens is 307 g/mol. The second-order valence-corrected chi connectivity index (χ2v) is 5.90. The highest BCUT2D eigenvalue weighted by Crippen LogP contribution is 2.14. The van der Waals surface area contributed by atoms with Crippen LogP contribution in [0.25, 0.3) is 0 Å². The molecule has 4 nitrogen and oxygen atoms in total. The highest BCUT2D eigenvalue weighted by Gasteiger charge is 2.22. The fourth-order valence-electron chi connectivity index (χ4n) is 2.63. The first-order valence-corrected chi connectivity index (χ1v) is 8.17. The van der Waals surface area contributed by atoms with Gasteiger partial charge in [-0.25, -0.2) is 4.39 Å². The SMILES string of the molecule is O=C(NCc1ccc(NCc2ccc(F)cc2)cc1)[C@@H]1CCCO1. The Hall–Kier alpha value is -2.40. The quantitative estimate of drug-likeness (QED) is 0.856. The average Bonchev–Trinajstić information content (AvgIpc) is 3.15. The Morgan fingerprint density at radius 3 is 2.38 bits per heavy atom. The van der Waals surface area contributed by atoms with Gasteiger partial charge >= 0.3 is 0 Å². The molecule has 1 heterocycles. The Morgan fingerprint density at radius 2 is 1.71 bits per heavy atom. The van der Waals surface area contributed by atoms with E-state index in [0.29, 0.717) is 19.7 Å². The summed E-state index contributed by atoms with van der Waals surface area (Å²) < 4.78 is 18.2. The van der Waals surface area contributed by atoms with E-state index < -0.39 is 0 Å². The maximum Gasteiger partial charge on any atom is 0.249 e. The predicted octanol–water partition coefficient (Wildman–Crippen LogP) is 3.23. The van der Waals surface area contributed by atoms with Crippen molar-refractivity contribution in [1.82, 2.24) is 5.32 Å². The van der Waals surface area contributed by atoms with Crippen molar-refractivity contribution in [3.63, 3.8) is 0 Å². The third-order valence-corrected chi connectivity index (χ3v) is 4.05. The summed E-state index contributed by atoms with van der Waals surface area (Å²) >= 11 is 0. The first-order chi connectivity index (χ1) is 11.7. The molecule has 1 amide bonds. The zero-order chi connectivity index (χ0) is 16.8. The molecule has 1 saturated heterocycles. The number of carbonyl (C=O) groups is 1. The Morgan fingerprint density at radius 1 is 1.04 bits per heavy atom. The van der Waals surface area contributed by atoms with Crippen LogP contribution < -0.4 is 10.6 Å². The molecule has 1 aliphatic rings. The van der Waals surface area contributed by atoms with Crippen LogP contribution in [0.1, 0.15) is 24.0 Å². The van der Waals surface area contributed by atoms with Gasteiger partial charge in [-0.05, 0) is 48.2 Å². The second-order valence-electron chi connectivity index (χ2n) is 5.90. The van der Waals surface area contributed by atoms with Gasteiger partial charge in [-0.15, -0.1) is 0 Å². The largest absolute Gasteiger partial charge is 0.381 e. The van der Waals surface area contributed by atoms with Crippen molar-refractivity contribution in [1.29, 1.82) is 0 Å². The molecule has 24 heavy (non-hydrogen) atoms. The minimum Gasteiger partial charge on any atom is -0.381 e. The molecule has 1 aliphatic heterocycles. The van der Waals surface area contributed by atoms with E-state index in [1.54, 1.807) is 12.1 Å². The molecule has 2 aromatic carbocycles. The number of carbonyl (C=O) groups excluding carboxylic acids is 1. The van der Waals surface area contributed by atoms with Crippen LogP contribution in [-0.4, -0.2) is 18.6 Å². The Labute approximate surface area is 141 Å². The number of amides is 1. The van der Waals surface area contributed by atoms with Crippen molar-refractivity contribution < 1.29 is 13.9 Å². The molecule has 0 unspecified atom stereocenters. The van der Waals surface area contributed by atoms with Crippen LogP contribution in [-0.2, 0) is 22.6 Å². The molecule has 0 aliphatic carbocycles. The van der Waals surface area contributed by atoms with Gasteiger partial charge in [-0.1, -0.05) is 24.3 Å². The molecule has 0 radical (unpaired) electrons. The number of ether oxygens (including phenoxy) is 1. The van der Waals surface area contributed by atoms with Gasteiger partial charge in [0.1, 0.15) is 11.9 Å². The fraction of sp³-hybridized carbons (Fsp3) is 0.316. The number of benzene rings is 2. The van der Waals surface area contributed by atoms with E-state index >= 15 is 0 Å². The van der Waals surface area contributed by atoms with Gasteiger partial charge in [0, 0.05) is 25.4 Å². The topological polar surface area (TPSA) is 50.4 Å². The van der Waals surface area contributed by atoms with Crippen molar-refractivity contribution in [2.24, 2.45) is 0 Å². The lowest BCUT2D eigenvalue weighted by Gasteiger charge is -2.11. The summed E-state index contributed by atoms with van der Waals surface area (Å²) in [6.45, 7) is 1.80. The lowest BCUT2D eigenvalue weighted by molar-refractivity contribution is -0.130. The van der Waals surface area contributed by atoms with Gasteiger partial charge in [0.25, 0.3) is 0 Å². The molecule has 0 spiro atoms. The maximum absolute atomic E-state index is 12.9. The molecule has 2 aromatic rings. The highest BCUT2D eigenvalue weighted by atomic mass is 19.1. The van der Waals surface area contributed by atoms with Crippen molar-refractivity contribution in [2.75, 3.05) is 11.9 Å². The van der Waals surface area contributed by atoms with E-state index in [0.717, 1.165) is 29.7 Å². The van der Waals surface area contributed by atoms with Crippen molar-refractivity contribution in [3.8, 4) is 0 Å². The van der Waals surface area contributed by atoms with Crippen LogP contribution in [0.2, 0.25) is 0 Å². The molecule has 1 atom stereocenters. The summed E-state index contributed by atoms with van der Waals surface area (Å²) in [6.07, 6.45) is 1.46. The first-order valence-electron chi connectivity index (χ1n) is 8.17. The summed E-state index contributed by atoms with van der Waals surface area (Å²) in [6, 6.07) is 14.3. The molecule has 126 valence electrons. The maximum atomic E-state index is 12.9. The van der Waals surface area contributed by atoms with Gasteiger partial charge in [0.15, 0.2) is 0 Å².